The van der Waals surface area contributed by atoms with Gasteiger partial charge in [-0.3, -0.25) is 9.59 Å². The monoisotopic (exact) mass is 371 g/mol. The van der Waals surface area contributed by atoms with Crippen molar-refractivity contribution in [3.05, 3.63) is 35.1 Å². The third-order valence-electron chi connectivity index (χ3n) is 4.39. The summed E-state index contributed by atoms with van der Waals surface area (Å²) in [4.78, 5) is 23.9. The van der Waals surface area contributed by atoms with Gasteiger partial charge in [0.1, 0.15) is 17.6 Å². The second kappa shape index (κ2) is 6.59. The number of carbonyl (C=O) groups is 2. The van der Waals surface area contributed by atoms with Crippen molar-refractivity contribution in [2.24, 2.45) is 0 Å². The standard InChI is InChI=1S/C19H24F3NO3/c1-17(2,3)26-15(24)9-11-6-7-13(20)12(8-11)19(5)14(21)10-18(4,22)16(25)23-19/h6-8,14H,9-10H2,1-5H3,(H,23,25)/t14-,18+,19+/m0/s1. The van der Waals surface area contributed by atoms with Gasteiger partial charge in [0, 0.05) is 12.0 Å². The molecule has 0 aromatic heterocycles. The zero-order valence-electron chi connectivity index (χ0n) is 15.6. The second-order valence-corrected chi connectivity index (χ2v) is 8.10. The highest BCUT2D eigenvalue weighted by Crippen LogP contribution is 2.39. The van der Waals surface area contributed by atoms with Crippen LogP contribution in [-0.2, 0) is 26.3 Å². The molecule has 0 unspecified atom stereocenters. The molecule has 2 rings (SSSR count). The topological polar surface area (TPSA) is 55.4 Å². The lowest BCUT2D eigenvalue weighted by Crippen LogP contribution is -2.62. The smallest absolute Gasteiger partial charge is 0.310 e. The molecule has 1 heterocycles. The molecule has 0 saturated carbocycles. The van der Waals surface area contributed by atoms with Crippen molar-refractivity contribution in [2.75, 3.05) is 0 Å². The van der Waals surface area contributed by atoms with Crippen LogP contribution >= 0.6 is 0 Å². The van der Waals surface area contributed by atoms with Gasteiger partial charge in [0.2, 0.25) is 0 Å². The molecule has 1 saturated heterocycles. The van der Waals surface area contributed by atoms with Gasteiger partial charge in [-0.25, -0.2) is 13.2 Å². The van der Waals surface area contributed by atoms with Crippen LogP contribution in [0.25, 0.3) is 0 Å². The van der Waals surface area contributed by atoms with E-state index in [1.807, 2.05) is 0 Å². The molecule has 0 spiro atoms. The molecule has 4 nitrogen and oxygen atoms in total. The number of benzene rings is 1. The van der Waals surface area contributed by atoms with Crippen molar-refractivity contribution < 1.29 is 27.5 Å². The van der Waals surface area contributed by atoms with Gasteiger partial charge < -0.3 is 10.1 Å². The summed E-state index contributed by atoms with van der Waals surface area (Å²) >= 11 is 0. The summed E-state index contributed by atoms with van der Waals surface area (Å²) in [6, 6.07) is 3.80. The maximum absolute atomic E-state index is 14.7. The van der Waals surface area contributed by atoms with Crippen molar-refractivity contribution >= 4 is 11.9 Å². The fourth-order valence-electron chi connectivity index (χ4n) is 2.94. The number of rotatable bonds is 3. The molecule has 0 bridgehead atoms. The summed E-state index contributed by atoms with van der Waals surface area (Å²) in [5, 5.41) is 2.26. The third kappa shape index (κ3) is 4.19. The maximum Gasteiger partial charge on any atom is 0.310 e. The van der Waals surface area contributed by atoms with Crippen LogP contribution in [0.15, 0.2) is 18.2 Å². The number of piperidine rings is 1. The van der Waals surface area contributed by atoms with Gasteiger partial charge in [-0.05, 0) is 52.3 Å². The van der Waals surface area contributed by atoms with Crippen LogP contribution in [0.2, 0.25) is 0 Å². The van der Waals surface area contributed by atoms with E-state index in [-0.39, 0.29) is 12.0 Å². The van der Waals surface area contributed by atoms with Gasteiger partial charge in [0.25, 0.3) is 5.91 Å². The Bertz CT molecular complexity index is 727. The number of nitrogens with one attached hydrogen (secondary N) is 1. The number of carbonyl (C=O) groups excluding carboxylic acids is 2. The Morgan fingerprint density at radius 2 is 1.96 bits per heavy atom. The molecular weight excluding hydrogens is 347 g/mol. The van der Waals surface area contributed by atoms with Crippen LogP contribution < -0.4 is 5.32 Å². The van der Waals surface area contributed by atoms with Gasteiger partial charge in [-0.2, -0.15) is 0 Å². The molecule has 1 fully saturated rings. The minimum absolute atomic E-state index is 0.130. The molecule has 3 atom stereocenters. The average Bonchev–Trinajstić information content (AvgIpc) is 2.45. The number of amides is 1. The molecule has 1 aliphatic rings. The van der Waals surface area contributed by atoms with Crippen LogP contribution in [0.4, 0.5) is 13.2 Å². The summed E-state index contributed by atoms with van der Waals surface area (Å²) in [5.74, 6) is -2.25. The molecule has 0 aliphatic carbocycles. The molecule has 1 aromatic rings. The molecule has 144 valence electrons. The first kappa shape index (κ1) is 20.3. The van der Waals surface area contributed by atoms with E-state index >= 15 is 0 Å². The Balaban J connectivity index is 2.32. The number of ether oxygens (including phenoxy) is 1. The summed E-state index contributed by atoms with van der Waals surface area (Å²) in [7, 11) is 0. The Morgan fingerprint density at radius 1 is 1.35 bits per heavy atom. The molecule has 26 heavy (non-hydrogen) atoms. The fourth-order valence-corrected chi connectivity index (χ4v) is 2.94. The Kier molecular flexibility index (Phi) is 5.14. The molecule has 0 radical (unpaired) electrons. The Morgan fingerprint density at radius 3 is 2.54 bits per heavy atom. The lowest BCUT2D eigenvalue weighted by molar-refractivity contribution is -0.154. The minimum atomic E-state index is -2.36. The van der Waals surface area contributed by atoms with Gasteiger partial charge in [-0.1, -0.05) is 6.07 Å². The van der Waals surface area contributed by atoms with E-state index < -0.39 is 47.1 Å². The quantitative estimate of drug-likeness (QED) is 0.828. The first-order chi connectivity index (χ1) is 11.7. The molecule has 1 aromatic carbocycles. The lowest BCUT2D eigenvalue weighted by Gasteiger charge is -2.42. The molecular formula is C19H24F3NO3. The van der Waals surface area contributed by atoms with E-state index in [9.17, 15) is 22.8 Å². The zero-order chi connectivity index (χ0) is 19.9. The molecule has 1 amide bonds. The van der Waals surface area contributed by atoms with E-state index in [1.165, 1.54) is 19.1 Å². The van der Waals surface area contributed by atoms with Crippen molar-refractivity contribution in [2.45, 2.75) is 70.4 Å². The lowest BCUT2D eigenvalue weighted by atomic mass is 9.77. The number of halogens is 3. The number of esters is 1. The largest absolute Gasteiger partial charge is 0.460 e. The number of alkyl halides is 2. The van der Waals surface area contributed by atoms with Gasteiger partial charge >= 0.3 is 5.97 Å². The Hall–Kier alpha value is -2.05. The SMILES string of the molecule is CC(C)(C)OC(=O)Cc1ccc(F)c([C@@]2(C)NC(=O)[C@](C)(F)C[C@@H]2F)c1. The summed E-state index contributed by atoms with van der Waals surface area (Å²) in [5.41, 5.74) is -4.47. The zero-order valence-corrected chi connectivity index (χ0v) is 15.6. The summed E-state index contributed by atoms with van der Waals surface area (Å²) in [6.07, 6.45) is -2.64. The molecule has 1 N–H and O–H groups in total. The third-order valence-corrected chi connectivity index (χ3v) is 4.39. The number of hydrogen-bond acceptors (Lipinski definition) is 3. The highest BCUT2D eigenvalue weighted by molar-refractivity contribution is 5.86. The van der Waals surface area contributed by atoms with Crippen LogP contribution in [0.3, 0.4) is 0 Å². The first-order valence-corrected chi connectivity index (χ1v) is 8.41. The number of hydrogen-bond donors (Lipinski definition) is 1. The highest BCUT2D eigenvalue weighted by atomic mass is 19.2. The highest BCUT2D eigenvalue weighted by Gasteiger charge is 2.52. The van der Waals surface area contributed by atoms with Crippen LogP contribution in [0.5, 0.6) is 0 Å². The van der Waals surface area contributed by atoms with E-state index in [2.05, 4.69) is 5.32 Å². The van der Waals surface area contributed by atoms with E-state index in [0.29, 0.717) is 5.56 Å². The summed E-state index contributed by atoms with van der Waals surface area (Å²) in [6.45, 7) is 7.47. The van der Waals surface area contributed by atoms with Crippen LogP contribution in [-0.4, -0.2) is 29.3 Å². The Labute approximate surface area is 151 Å². The minimum Gasteiger partial charge on any atom is -0.460 e. The van der Waals surface area contributed by atoms with Crippen molar-refractivity contribution in [3.8, 4) is 0 Å². The van der Waals surface area contributed by atoms with E-state index in [0.717, 1.165) is 13.0 Å². The van der Waals surface area contributed by atoms with Crippen LogP contribution in [0.1, 0.15) is 52.2 Å². The molecule has 7 heteroatoms. The van der Waals surface area contributed by atoms with Crippen LogP contribution in [0, 0.1) is 5.82 Å². The molecule has 1 aliphatic heterocycles. The van der Waals surface area contributed by atoms with Gasteiger partial charge in [-0.15, -0.1) is 0 Å². The van der Waals surface area contributed by atoms with E-state index in [1.54, 1.807) is 20.8 Å². The maximum atomic E-state index is 14.7. The van der Waals surface area contributed by atoms with Crippen molar-refractivity contribution in [1.82, 2.24) is 5.32 Å². The predicted octanol–water partition coefficient (Wildman–Crippen LogP) is 3.51. The normalized spacial score (nSPS) is 29.2. The van der Waals surface area contributed by atoms with E-state index in [4.69, 9.17) is 4.74 Å². The predicted molar refractivity (Wildman–Crippen MR) is 90.5 cm³/mol. The fraction of sp³-hybridized carbons (Fsp3) is 0.579. The van der Waals surface area contributed by atoms with Gasteiger partial charge in [0.15, 0.2) is 5.67 Å². The first-order valence-electron chi connectivity index (χ1n) is 8.41. The van der Waals surface area contributed by atoms with Gasteiger partial charge in [0.05, 0.1) is 12.0 Å². The average molecular weight is 371 g/mol. The summed E-state index contributed by atoms with van der Waals surface area (Å²) < 4.78 is 48.3. The second-order valence-electron chi connectivity index (χ2n) is 8.10. The van der Waals surface area contributed by atoms with Crippen molar-refractivity contribution in [3.63, 3.8) is 0 Å². The van der Waals surface area contributed by atoms with Crippen molar-refractivity contribution in [1.29, 1.82) is 0 Å².